The van der Waals surface area contributed by atoms with Crippen LogP contribution in [0.1, 0.15) is 38.5 Å². The molecule has 3 heterocycles. The largest absolute Gasteiger partial charge is 0.355 e. The van der Waals surface area contributed by atoms with Gasteiger partial charge in [-0.15, -0.1) is 0 Å². The number of fused-ring (bicyclic) bond motifs is 1. The van der Waals surface area contributed by atoms with Crippen LogP contribution in [0.4, 0.5) is 10.2 Å². The number of carbonyl (C=O) groups excluding carboxylic acids is 1. The summed E-state index contributed by atoms with van der Waals surface area (Å²) in [6.45, 7) is 1.39. The van der Waals surface area contributed by atoms with Gasteiger partial charge in [0.2, 0.25) is 5.91 Å². The second-order valence-electron chi connectivity index (χ2n) is 8.19. The average molecular weight is 409 g/mol. The van der Waals surface area contributed by atoms with Gasteiger partial charge in [-0.1, -0.05) is 18.0 Å². The molecular formula is C22H24FN5O2. The van der Waals surface area contributed by atoms with Crippen LogP contribution in [0.25, 0.3) is 22.4 Å². The van der Waals surface area contributed by atoms with E-state index >= 15 is 0 Å². The molecule has 2 fully saturated rings. The molecule has 5 rings (SSSR count). The number of carbonyl (C=O) groups is 1. The zero-order valence-electron chi connectivity index (χ0n) is 16.7. The number of nitrogens with zero attached hydrogens (tertiary/aromatic N) is 4. The lowest BCUT2D eigenvalue weighted by Crippen LogP contribution is -2.45. The van der Waals surface area contributed by atoms with Crippen LogP contribution >= 0.6 is 0 Å². The van der Waals surface area contributed by atoms with E-state index in [0.29, 0.717) is 35.2 Å². The van der Waals surface area contributed by atoms with E-state index in [-0.39, 0.29) is 17.6 Å². The van der Waals surface area contributed by atoms with Crippen LogP contribution < -0.4 is 10.2 Å². The van der Waals surface area contributed by atoms with E-state index < -0.39 is 0 Å². The Morgan fingerprint density at radius 1 is 1.10 bits per heavy atom. The molecule has 3 aromatic rings. The Morgan fingerprint density at radius 3 is 2.70 bits per heavy atom. The highest BCUT2D eigenvalue weighted by molar-refractivity contribution is 5.98. The molecule has 0 radical (unpaired) electrons. The summed E-state index contributed by atoms with van der Waals surface area (Å²) in [6.07, 6.45) is 7.79. The van der Waals surface area contributed by atoms with Gasteiger partial charge in [-0.05, 0) is 49.9 Å². The van der Waals surface area contributed by atoms with E-state index in [9.17, 15) is 9.18 Å². The smallest absolute Gasteiger partial charge is 0.263 e. The summed E-state index contributed by atoms with van der Waals surface area (Å²) in [5, 5.41) is 8.09. The van der Waals surface area contributed by atoms with E-state index in [1.165, 1.54) is 31.3 Å². The highest BCUT2D eigenvalue weighted by atomic mass is 19.1. The lowest BCUT2D eigenvalue weighted by molar-refractivity contribution is -0.125. The molecule has 1 aromatic carbocycles. The van der Waals surface area contributed by atoms with Gasteiger partial charge in [0.25, 0.3) is 5.71 Å². The van der Waals surface area contributed by atoms with Crippen molar-refractivity contribution in [3.8, 4) is 11.3 Å². The third-order valence-electron chi connectivity index (χ3n) is 6.16. The Morgan fingerprint density at radius 2 is 1.90 bits per heavy atom. The second-order valence-corrected chi connectivity index (χ2v) is 8.19. The van der Waals surface area contributed by atoms with Gasteiger partial charge in [-0.25, -0.2) is 9.37 Å². The summed E-state index contributed by atoms with van der Waals surface area (Å²) in [5.41, 5.74) is 1.70. The number of aromatic nitrogens is 3. The number of halogens is 1. The second kappa shape index (κ2) is 8.01. The standard InChI is InChI=1S/C22H24FN5O2/c23-16-9-7-14(8-10-16)19-18-20(24-13-25-22(18)30-27-19)28-11-3-4-15(12-28)21(29)26-17-5-1-2-6-17/h7-10,13,15,17H,1-6,11-12H2,(H,26,29)/t15-/m0/s1. The third-order valence-corrected chi connectivity index (χ3v) is 6.16. The Bertz CT molecular complexity index is 1050. The minimum Gasteiger partial charge on any atom is -0.355 e. The quantitative estimate of drug-likeness (QED) is 0.707. The van der Waals surface area contributed by atoms with Crippen LogP contribution in [0.3, 0.4) is 0 Å². The van der Waals surface area contributed by atoms with Crippen LogP contribution in [-0.2, 0) is 4.79 Å². The van der Waals surface area contributed by atoms with Gasteiger partial charge >= 0.3 is 0 Å². The van der Waals surface area contributed by atoms with Gasteiger partial charge in [0.1, 0.15) is 29.0 Å². The molecule has 0 spiro atoms. The van der Waals surface area contributed by atoms with Gasteiger partial charge < -0.3 is 14.7 Å². The van der Waals surface area contributed by atoms with Crippen LogP contribution in [0.5, 0.6) is 0 Å². The first-order valence-corrected chi connectivity index (χ1v) is 10.6. The van der Waals surface area contributed by atoms with Crippen molar-refractivity contribution in [1.82, 2.24) is 20.4 Å². The number of anilines is 1. The molecule has 1 aliphatic heterocycles. The third kappa shape index (κ3) is 3.62. The number of hydrogen-bond acceptors (Lipinski definition) is 6. The van der Waals surface area contributed by atoms with Crippen molar-refractivity contribution in [2.75, 3.05) is 18.0 Å². The van der Waals surface area contributed by atoms with Crippen molar-refractivity contribution in [2.24, 2.45) is 5.92 Å². The molecule has 1 saturated carbocycles. The molecule has 2 aliphatic rings. The fraction of sp³-hybridized carbons (Fsp3) is 0.455. The maximum atomic E-state index is 13.4. The maximum absolute atomic E-state index is 13.4. The fourth-order valence-corrected chi connectivity index (χ4v) is 4.59. The SMILES string of the molecule is O=C(NC1CCCC1)[C@H]1CCCN(c2ncnc3onc(-c4ccc(F)cc4)c23)C1. The predicted molar refractivity (Wildman–Crippen MR) is 110 cm³/mol. The molecule has 1 N–H and O–H groups in total. The molecule has 7 nitrogen and oxygen atoms in total. The van der Waals surface area contributed by atoms with Gasteiger partial charge in [0, 0.05) is 24.7 Å². The maximum Gasteiger partial charge on any atom is 0.263 e. The normalized spacial score (nSPS) is 20.0. The summed E-state index contributed by atoms with van der Waals surface area (Å²) >= 11 is 0. The molecule has 1 aliphatic carbocycles. The number of nitrogens with one attached hydrogen (secondary N) is 1. The van der Waals surface area contributed by atoms with Crippen LogP contribution in [0.2, 0.25) is 0 Å². The van der Waals surface area contributed by atoms with Gasteiger partial charge in [-0.3, -0.25) is 4.79 Å². The van der Waals surface area contributed by atoms with Gasteiger partial charge in [0.05, 0.1) is 5.92 Å². The van der Waals surface area contributed by atoms with Crippen molar-refractivity contribution in [3.63, 3.8) is 0 Å². The number of benzene rings is 1. The first-order valence-electron chi connectivity index (χ1n) is 10.6. The molecule has 30 heavy (non-hydrogen) atoms. The molecule has 1 saturated heterocycles. The molecule has 2 aromatic heterocycles. The van der Waals surface area contributed by atoms with Crippen LogP contribution in [0.15, 0.2) is 35.1 Å². The van der Waals surface area contributed by atoms with Gasteiger partial charge in [-0.2, -0.15) is 4.98 Å². The van der Waals surface area contributed by atoms with E-state index in [4.69, 9.17) is 4.52 Å². The highest BCUT2D eigenvalue weighted by Gasteiger charge is 2.30. The molecule has 8 heteroatoms. The van der Waals surface area contributed by atoms with E-state index in [0.717, 1.165) is 37.8 Å². The van der Waals surface area contributed by atoms with Crippen molar-refractivity contribution in [1.29, 1.82) is 0 Å². The Hall–Kier alpha value is -3.03. The van der Waals surface area contributed by atoms with Crippen molar-refractivity contribution < 1.29 is 13.7 Å². The minimum atomic E-state index is -0.310. The molecule has 0 unspecified atom stereocenters. The summed E-state index contributed by atoms with van der Waals surface area (Å²) in [4.78, 5) is 23.7. The topological polar surface area (TPSA) is 84.2 Å². The Labute approximate surface area is 173 Å². The van der Waals surface area contributed by atoms with E-state index in [1.54, 1.807) is 12.1 Å². The average Bonchev–Trinajstić information content (AvgIpc) is 3.44. The van der Waals surface area contributed by atoms with E-state index in [2.05, 4.69) is 25.3 Å². The molecular weight excluding hydrogens is 385 g/mol. The Kier molecular flexibility index (Phi) is 5.06. The van der Waals surface area contributed by atoms with E-state index in [1.807, 2.05) is 0 Å². The molecule has 1 amide bonds. The van der Waals surface area contributed by atoms with Crippen molar-refractivity contribution >= 4 is 22.8 Å². The predicted octanol–water partition coefficient (Wildman–Crippen LogP) is 3.70. The van der Waals surface area contributed by atoms with Crippen LogP contribution in [0, 0.1) is 11.7 Å². The number of amides is 1. The zero-order chi connectivity index (χ0) is 20.5. The lowest BCUT2D eigenvalue weighted by Gasteiger charge is -2.33. The first kappa shape index (κ1) is 19.0. The minimum absolute atomic E-state index is 0.0708. The number of rotatable bonds is 4. The van der Waals surface area contributed by atoms with Crippen molar-refractivity contribution in [2.45, 2.75) is 44.6 Å². The fourth-order valence-electron chi connectivity index (χ4n) is 4.59. The summed E-state index contributed by atoms with van der Waals surface area (Å²) in [6, 6.07) is 6.43. The molecule has 1 atom stereocenters. The summed E-state index contributed by atoms with van der Waals surface area (Å²) < 4.78 is 18.8. The summed E-state index contributed by atoms with van der Waals surface area (Å²) in [7, 11) is 0. The van der Waals surface area contributed by atoms with Crippen molar-refractivity contribution in [3.05, 3.63) is 36.4 Å². The summed E-state index contributed by atoms with van der Waals surface area (Å²) in [5.74, 6) is 0.466. The first-order chi connectivity index (χ1) is 14.7. The molecule has 156 valence electrons. The monoisotopic (exact) mass is 409 g/mol. The Balaban J connectivity index is 1.43. The van der Waals surface area contributed by atoms with Gasteiger partial charge in [0.15, 0.2) is 0 Å². The lowest BCUT2D eigenvalue weighted by atomic mass is 9.96. The molecule has 0 bridgehead atoms. The number of hydrogen-bond donors (Lipinski definition) is 1. The number of piperidine rings is 1. The van der Waals surface area contributed by atoms with Crippen LogP contribution in [-0.4, -0.2) is 40.2 Å². The zero-order valence-corrected chi connectivity index (χ0v) is 16.7. The highest BCUT2D eigenvalue weighted by Crippen LogP contribution is 2.35.